The lowest BCUT2D eigenvalue weighted by molar-refractivity contribution is 0.408. The monoisotopic (exact) mass is 296 g/mol. The van der Waals surface area contributed by atoms with Crippen LogP contribution in [-0.4, -0.2) is 31.8 Å². The van der Waals surface area contributed by atoms with Gasteiger partial charge in [0, 0.05) is 5.56 Å². The van der Waals surface area contributed by atoms with E-state index < -0.39 is 0 Å². The van der Waals surface area contributed by atoms with E-state index in [1.165, 1.54) is 6.33 Å². The number of methoxy groups -OCH3 is 1. The zero-order valence-corrected chi connectivity index (χ0v) is 12.3. The Hall–Kier alpha value is -2.96. The van der Waals surface area contributed by atoms with Gasteiger partial charge in [-0.1, -0.05) is 18.2 Å². The molecule has 7 heteroatoms. The van der Waals surface area contributed by atoms with Crippen LogP contribution in [0.4, 0.5) is 5.82 Å². The average molecular weight is 296 g/mol. The highest BCUT2D eigenvalue weighted by Crippen LogP contribution is 2.26. The maximum absolute atomic E-state index is 5.39. The SMILES string of the molecule is COc1ccccc1[C@H](C)Nc1cncc(-n2cncn2)n1. The van der Waals surface area contributed by atoms with Gasteiger partial charge in [-0.3, -0.25) is 4.98 Å². The van der Waals surface area contributed by atoms with Gasteiger partial charge in [-0.05, 0) is 13.0 Å². The molecular weight excluding hydrogens is 280 g/mol. The second kappa shape index (κ2) is 6.21. The molecule has 0 radical (unpaired) electrons. The second-order valence-corrected chi connectivity index (χ2v) is 4.71. The third kappa shape index (κ3) is 2.88. The van der Waals surface area contributed by atoms with Crippen molar-refractivity contribution in [3.63, 3.8) is 0 Å². The number of rotatable bonds is 5. The fraction of sp³-hybridized carbons (Fsp3) is 0.200. The minimum atomic E-state index is 0.0245. The summed E-state index contributed by atoms with van der Waals surface area (Å²) in [6, 6.07) is 7.90. The summed E-state index contributed by atoms with van der Waals surface area (Å²) in [6.07, 6.45) is 6.34. The van der Waals surface area contributed by atoms with Gasteiger partial charge >= 0.3 is 0 Å². The maximum atomic E-state index is 5.39. The molecule has 0 spiro atoms. The van der Waals surface area contributed by atoms with Gasteiger partial charge in [0.1, 0.15) is 24.2 Å². The average Bonchev–Trinajstić information content (AvgIpc) is 3.09. The van der Waals surface area contributed by atoms with Crippen molar-refractivity contribution in [3.05, 3.63) is 54.9 Å². The molecule has 3 aromatic rings. The molecule has 2 heterocycles. The van der Waals surface area contributed by atoms with Crippen LogP contribution in [0.1, 0.15) is 18.5 Å². The molecule has 112 valence electrons. The fourth-order valence-electron chi connectivity index (χ4n) is 2.19. The Kier molecular flexibility index (Phi) is 3.95. The van der Waals surface area contributed by atoms with Crippen molar-refractivity contribution in [1.82, 2.24) is 24.7 Å². The Morgan fingerprint density at radius 1 is 1.18 bits per heavy atom. The van der Waals surface area contributed by atoms with Crippen molar-refractivity contribution in [3.8, 4) is 11.6 Å². The summed E-state index contributed by atoms with van der Waals surface area (Å²) >= 11 is 0. The summed E-state index contributed by atoms with van der Waals surface area (Å²) in [5, 5.41) is 7.37. The molecule has 0 fully saturated rings. The van der Waals surface area contributed by atoms with Crippen molar-refractivity contribution in [2.24, 2.45) is 0 Å². The smallest absolute Gasteiger partial charge is 0.175 e. The zero-order chi connectivity index (χ0) is 15.4. The highest BCUT2D eigenvalue weighted by Gasteiger charge is 2.12. The van der Waals surface area contributed by atoms with E-state index in [1.54, 1.807) is 30.5 Å². The normalized spacial score (nSPS) is 11.9. The van der Waals surface area contributed by atoms with Crippen LogP contribution in [0.5, 0.6) is 5.75 Å². The molecule has 1 aromatic carbocycles. The van der Waals surface area contributed by atoms with Crippen LogP contribution in [0.3, 0.4) is 0 Å². The van der Waals surface area contributed by atoms with Gasteiger partial charge in [0.15, 0.2) is 5.82 Å². The molecule has 1 N–H and O–H groups in total. The van der Waals surface area contributed by atoms with E-state index in [2.05, 4.69) is 25.4 Å². The molecular formula is C15H16N6O. The first-order valence-electron chi connectivity index (χ1n) is 6.84. The molecule has 22 heavy (non-hydrogen) atoms. The molecule has 0 bridgehead atoms. The number of aromatic nitrogens is 5. The Bertz CT molecular complexity index is 743. The number of para-hydroxylation sites is 1. The van der Waals surface area contributed by atoms with Gasteiger partial charge in [-0.25, -0.2) is 14.6 Å². The highest BCUT2D eigenvalue weighted by molar-refractivity contribution is 5.43. The van der Waals surface area contributed by atoms with E-state index in [4.69, 9.17) is 4.74 Å². The van der Waals surface area contributed by atoms with E-state index in [0.717, 1.165) is 11.3 Å². The maximum Gasteiger partial charge on any atom is 0.175 e. The summed E-state index contributed by atoms with van der Waals surface area (Å²) in [5.41, 5.74) is 1.05. The van der Waals surface area contributed by atoms with Crippen molar-refractivity contribution in [1.29, 1.82) is 0 Å². The summed E-state index contributed by atoms with van der Waals surface area (Å²) in [6.45, 7) is 2.04. The number of benzene rings is 1. The van der Waals surface area contributed by atoms with E-state index in [0.29, 0.717) is 11.6 Å². The summed E-state index contributed by atoms with van der Waals surface area (Å²) in [7, 11) is 1.66. The van der Waals surface area contributed by atoms with Crippen molar-refractivity contribution in [2.45, 2.75) is 13.0 Å². The fourth-order valence-corrected chi connectivity index (χ4v) is 2.19. The van der Waals surface area contributed by atoms with Crippen LogP contribution < -0.4 is 10.1 Å². The van der Waals surface area contributed by atoms with Gasteiger partial charge in [0.25, 0.3) is 0 Å². The number of hydrogen-bond donors (Lipinski definition) is 1. The lowest BCUT2D eigenvalue weighted by atomic mass is 10.1. The quantitative estimate of drug-likeness (QED) is 0.778. The number of nitrogens with zero attached hydrogens (tertiary/aromatic N) is 5. The topological polar surface area (TPSA) is 77.8 Å². The lowest BCUT2D eigenvalue weighted by Crippen LogP contribution is -2.11. The van der Waals surface area contributed by atoms with Crippen molar-refractivity contribution >= 4 is 5.82 Å². The highest BCUT2D eigenvalue weighted by atomic mass is 16.5. The van der Waals surface area contributed by atoms with Gasteiger partial charge in [-0.15, -0.1) is 0 Å². The molecule has 0 aliphatic carbocycles. The van der Waals surface area contributed by atoms with Crippen molar-refractivity contribution in [2.75, 3.05) is 12.4 Å². The van der Waals surface area contributed by atoms with Gasteiger partial charge in [0.2, 0.25) is 0 Å². The Morgan fingerprint density at radius 3 is 2.82 bits per heavy atom. The Morgan fingerprint density at radius 2 is 2.05 bits per heavy atom. The number of hydrogen-bond acceptors (Lipinski definition) is 6. The molecule has 0 saturated heterocycles. The van der Waals surface area contributed by atoms with Crippen LogP contribution in [0, 0.1) is 0 Å². The zero-order valence-electron chi connectivity index (χ0n) is 12.3. The van der Waals surface area contributed by atoms with Crippen molar-refractivity contribution < 1.29 is 4.74 Å². The molecule has 2 aromatic heterocycles. The second-order valence-electron chi connectivity index (χ2n) is 4.71. The molecule has 0 unspecified atom stereocenters. The van der Waals surface area contributed by atoms with E-state index in [-0.39, 0.29) is 6.04 Å². The third-order valence-electron chi connectivity index (χ3n) is 3.25. The lowest BCUT2D eigenvalue weighted by Gasteiger charge is -2.17. The molecule has 0 saturated carbocycles. The summed E-state index contributed by atoms with van der Waals surface area (Å²) in [4.78, 5) is 12.6. The van der Waals surface area contributed by atoms with Crippen LogP contribution in [0.15, 0.2) is 49.3 Å². The van der Waals surface area contributed by atoms with Crippen LogP contribution in [0.2, 0.25) is 0 Å². The largest absolute Gasteiger partial charge is 0.496 e. The first-order valence-corrected chi connectivity index (χ1v) is 6.84. The third-order valence-corrected chi connectivity index (χ3v) is 3.25. The van der Waals surface area contributed by atoms with Crippen LogP contribution in [0.25, 0.3) is 5.82 Å². The molecule has 0 amide bonds. The first kappa shape index (κ1) is 14.0. The van der Waals surface area contributed by atoms with Gasteiger partial charge in [0.05, 0.1) is 25.5 Å². The van der Waals surface area contributed by atoms with E-state index in [1.807, 2.05) is 31.2 Å². The first-order chi connectivity index (χ1) is 10.8. The van der Waals surface area contributed by atoms with E-state index in [9.17, 15) is 0 Å². The number of ether oxygens (including phenoxy) is 1. The molecule has 7 nitrogen and oxygen atoms in total. The predicted octanol–water partition coefficient (Wildman–Crippen LogP) is 2.24. The molecule has 1 atom stereocenters. The van der Waals surface area contributed by atoms with Gasteiger partial charge < -0.3 is 10.1 Å². The van der Waals surface area contributed by atoms with Crippen LogP contribution in [-0.2, 0) is 0 Å². The molecule has 0 aliphatic heterocycles. The number of anilines is 1. The number of nitrogens with one attached hydrogen (secondary N) is 1. The minimum absolute atomic E-state index is 0.0245. The predicted molar refractivity (Wildman–Crippen MR) is 82.0 cm³/mol. The summed E-state index contributed by atoms with van der Waals surface area (Å²) < 4.78 is 6.95. The summed E-state index contributed by atoms with van der Waals surface area (Å²) in [5.74, 6) is 2.10. The Labute approximate surface area is 128 Å². The van der Waals surface area contributed by atoms with E-state index >= 15 is 0 Å². The Balaban J connectivity index is 1.82. The minimum Gasteiger partial charge on any atom is -0.496 e. The molecule has 3 rings (SSSR count). The standard InChI is InChI=1S/C15H16N6O/c1-11(12-5-3-4-6-13(12)22-2)19-14-7-16-8-15(20-14)21-10-17-9-18-21/h3-11H,1-2H3,(H,19,20)/t11-/m0/s1. The molecule has 0 aliphatic rings. The van der Waals surface area contributed by atoms with Crippen LogP contribution >= 0.6 is 0 Å². The van der Waals surface area contributed by atoms with Gasteiger partial charge in [-0.2, -0.15) is 5.10 Å².